The Morgan fingerprint density at radius 3 is 2.37 bits per heavy atom. The van der Waals surface area contributed by atoms with E-state index in [-0.39, 0.29) is 11.6 Å². The molecule has 0 radical (unpaired) electrons. The standard InChI is InChI=1S/C24H22F2N6O2S/c1-4-19-22(23(31-24(27)30-19)15-6-5-13(2)28-11-15)16-9-20(14(3)29-12-16)32-35(33,34)21-8-7-17(25)10-18(21)26/h5-12,32H,4H2,1-3H3,(H2,27,30,31). The zero-order valence-electron chi connectivity index (χ0n) is 19.2. The number of nitrogens with one attached hydrogen (secondary N) is 1. The van der Waals surface area contributed by atoms with Crippen molar-refractivity contribution in [1.29, 1.82) is 0 Å². The molecule has 3 heterocycles. The lowest BCUT2D eigenvalue weighted by Gasteiger charge is -2.16. The molecule has 0 atom stereocenters. The number of pyridine rings is 2. The molecular formula is C24H22F2N6O2S. The molecule has 0 aliphatic rings. The predicted octanol–water partition coefficient (Wildman–Crippen LogP) is 4.44. The van der Waals surface area contributed by atoms with Crippen LogP contribution in [0.1, 0.15) is 24.0 Å². The highest BCUT2D eigenvalue weighted by Gasteiger charge is 2.23. The Kier molecular flexibility index (Phi) is 6.44. The van der Waals surface area contributed by atoms with Crippen LogP contribution >= 0.6 is 0 Å². The number of hydrogen-bond donors (Lipinski definition) is 2. The van der Waals surface area contributed by atoms with Crippen molar-refractivity contribution in [1.82, 2.24) is 19.9 Å². The molecule has 0 bridgehead atoms. The summed E-state index contributed by atoms with van der Waals surface area (Å²) >= 11 is 0. The van der Waals surface area contributed by atoms with Gasteiger partial charge in [-0.05, 0) is 50.6 Å². The molecular weight excluding hydrogens is 474 g/mol. The van der Waals surface area contributed by atoms with E-state index in [0.29, 0.717) is 46.3 Å². The summed E-state index contributed by atoms with van der Waals surface area (Å²) in [5, 5.41) is 0. The fourth-order valence-electron chi connectivity index (χ4n) is 3.57. The average molecular weight is 497 g/mol. The van der Waals surface area contributed by atoms with E-state index in [1.165, 1.54) is 0 Å². The van der Waals surface area contributed by atoms with Gasteiger partial charge in [-0.3, -0.25) is 14.7 Å². The molecule has 180 valence electrons. The lowest BCUT2D eigenvalue weighted by atomic mass is 9.98. The van der Waals surface area contributed by atoms with Crippen molar-refractivity contribution in [2.75, 3.05) is 10.5 Å². The summed E-state index contributed by atoms with van der Waals surface area (Å²) in [6.45, 7) is 5.38. The number of hydrogen-bond acceptors (Lipinski definition) is 7. The molecule has 0 saturated carbocycles. The Hall–Kier alpha value is -3.99. The number of anilines is 2. The maximum absolute atomic E-state index is 14.2. The van der Waals surface area contributed by atoms with Crippen LogP contribution < -0.4 is 10.5 Å². The van der Waals surface area contributed by atoms with Crippen molar-refractivity contribution in [2.24, 2.45) is 0 Å². The first-order valence-corrected chi connectivity index (χ1v) is 12.1. The van der Waals surface area contributed by atoms with Gasteiger partial charge in [0.05, 0.1) is 22.8 Å². The second-order valence-corrected chi connectivity index (χ2v) is 9.48. The van der Waals surface area contributed by atoms with Gasteiger partial charge in [0, 0.05) is 40.8 Å². The number of nitrogens with two attached hydrogens (primary N) is 1. The fourth-order valence-corrected chi connectivity index (χ4v) is 4.74. The highest BCUT2D eigenvalue weighted by atomic mass is 32.2. The third-order valence-electron chi connectivity index (χ3n) is 5.32. The van der Waals surface area contributed by atoms with Crippen LogP contribution in [0.2, 0.25) is 0 Å². The molecule has 0 unspecified atom stereocenters. The first-order valence-electron chi connectivity index (χ1n) is 10.6. The van der Waals surface area contributed by atoms with Crippen LogP contribution in [0.5, 0.6) is 0 Å². The number of nitrogens with zero attached hydrogens (tertiary/aromatic N) is 4. The van der Waals surface area contributed by atoms with Gasteiger partial charge >= 0.3 is 0 Å². The molecule has 0 saturated heterocycles. The fraction of sp³-hybridized carbons (Fsp3) is 0.167. The van der Waals surface area contributed by atoms with Crippen LogP contribution in [0.3, 0.4) is 0 Å². The molecule has 0 spiro atoms. The number of nitrogen functional groups attached to an aromatic ring is 1. The summed E-state index contributed by atoms with van der Waals surface area (Å²) in [5.74, 6) is -1.99. The quantitative estimate of drug-likeness (QED) is 0.404. The van der Waals surface area contributed by atoms with Crippen molar-refractivity contribution >= 4 is 21.7 Å². The highest BCUT2D eigenvalue weighted by molar-refractivity contribution is 7.92. The number of rotatable bonds is 6. The Morgan fingerprint density at radius 1 is 0.971 bits per heavy atom. The van der Waals surface area contributed by atoms with Gasteiger partial charge in [0.25, 0.3) is 10.0 Å². The molecule has 0 aliphatic carbocycles. The van der Waals surface area contributed by atoms with Crippen LogP contribution in [-0.4, -0.2) is 28.4 Å². The summed E-state index contributed by atoms with van der Waals surface area (Å²) < 4.78 is 55.6. The molecule has 8 nitrogen and oxygen atoms in total. The molecule has 0 amide bonds. The van der Waals surface area contributed by atoms with Crippen molar-refractivity contribution < 1.29 is 17.2 Å². The van der Waals surface area contributed by atoms with E-state index >= 15 is 0 Å². The third kappa shape index (κ3) is 4.94. The van der Waals surface area contributed by atoms with Gasteiger partial charge in [-0.2, -0.15) is 0 Å². The number of benzene rings is 1. The van der Waals surface area contributed by atoms with Crippen LogP contribution in [0, 0.1) is 25.5 Å². The van der Waals surface area contributed by atoms with Crippen LogP contribution in [0.4, 0.5) is 20.4 Å². The molecule has 3 aromatic heterocycles. The Bertz CT molecular complexity index is 1530. The lowest BCUT2D eigenvalue weighted by molar-refractivity contribution is 0.551. The van der Waals surface area contributed by atoms with Gasteiger partial charge in [-0.25, -0.2) is 27.2 Å². The molecule has 0 fully saturated rings. The first-order chi connectivity index (χ1) is 16.6. The maximum atomic E-state index is 14.2. The Morgan fingerprint density at radius 2 is 1.71 bits per heavy atom. The smallest absolute Gasteiger partial charge is 0.264 e. The second-order valence-electron chi connectivity index (χ2n) is 7.83. The van der Waals surface area contributed by atoms with Crippen molar-refractivity contribution in [3.05, 3.63) is 77.5 Å². The zero-order chi connectivity index (χ0) is 25.3. The van der Waals surface area contributed by atoms with Crippen LogP contribution in [-0.2, 0) is 16.4 Å². The van der Waals surface area contributed by atoms with Gasteiger partial charge in [0.1, 0.15) is 16.5 Å². The monoisotopic (exact) mass is 496 g/mol. The topological polar surface area (TPSA) is 124 Å². The summed E-state index contributed by atoms with van der Waals surface area (Å²) in [7, 11) is -4.36. The third-order valence-corrected chi connectivity index (χ3v) is 6.72. The minimum Gasteiger partial charge on any atom is -0.368 e. The number of aromatic nitrogens is 4. The molecule has 4 rings (SSSR count). The van der Waals surface area contributed by atoms with Gasteiger partial charge < -0.3 is 5.73 Å². The van der Waals surface area contributed by atoms with Gasteiger partial charge in [-0.1, -0.05) is 6.92 Å². The minimum atomic E-state index is -4.36. The van der Waals surface area contributed by atoms with E-state index in [1.807, 2.05) is 26.0 Å². The van der Waals surface area contributed by atoms with Crippen molar-refractivity contribution in [2.45, 2.75) is 32.1 Å². The number of aryl methyl sites for hydroxylation is 3. The normalized spacial score (nSPS) is 11.5. The average Bonchev–Trinajstić information content (AvgIpc) is 2.80. The van der Waals surface area contributed by atoms with E-state index in [2.05, 4.69) is 24.7 Å². The summed E-state index contributed by atoms with van der Waals surface area (Å²) in [5.41, 5.74) is 10.3. The maximum Gasteiger partial charge on any atom is 0.264 e. The molecule has 35 heavy (non-hydrogen) atoms. The Balaban J connectivity index is 1.85. The van der Waals surface area contributed by atoms with E-state index in [9.17, 15) is 17.2 Å². The first kappa shape index (κ1) is 24.1. The summed E-state index contributed by atoms with van der Waals surface area (Å²) in [6, 6.07) is 7.52. The molecule has 0 aliphatic heterocycles. The van der Waals surface area contributed by atoms with Crippen molar-refractivity contribution in [3.63, 3.8) is 0 Å². The van der Waals surface area contributed by atoms with E-state index < -0.39 is 26.6 Å². The van der Waals surface area contributed by atoms with Crippen LogP contribution in [0.25, 0.3) is 22.4 Å². The molecule has 11 heteroatoms. The van der Waals surface area contributed by atoms with Gasteiger partial charge in [0.15, 0.2) is 0 Å². The lowest BCUT2D eigenvalue weighted by Crippen LogP contribution is -2.16. The van der Waals surface area contributed by atoms with Crippen molar-refractivity contribution in [3.8, 4) is 22.4 Å². The number of halogens is 2. The van der Waals surface area contributed by atoms with E-state index in [4.69, 9.17) is 5.73 Å². The number of sulfonamides is 1. The largest absolute Gasteiger partial charge is 0.368 e. The minimum absolute atomic E-state index is 0.0916. The summed E-state index contributed by atoms with van der Waals surface area (Å²) in [4.78, 5) is 16.8. The molecule has 3 N–H and O–H groups in total. The summed E-state index contributed by atoms with van der Waals surface area (Å²) in [6.07, 6.45) is 3.76. The van der Waals surface area contributed by atoms with Crippen LogP contribution in [0.15, 0.2) is 53.7 Å². The SMILES string of the molecule is CCc1nc(N)nc(-c2ccc(C)nc2)c1-c1cnc(C)c(NS(=O)(=O)c2ccc(F)cc2F)c1. The zero-order valence-corrected chi connectivity index (χ0v) is 20.0. The molecule has 4 aromatic rings. The highest BCUT2D eigenvalue weighted by Crippen LogP contribution is 2.35. The van der Waals surface area contributed by atoms with Gasteiger partial charge in [-0.15, -0.1) is 0 Å². The molecule has 1 aromatic carbocycles. The van der Waals surface area contributed by atoms with E-state index in [1.54, 1.807) is 25.4 Å². The van der Waals surface area contributed by atoms with Gasteiger partial charge in [0.2, 0.25) is 5.95 Å². The predicted molar refractivity (Wildman–Crippen MR) is 129 cm³/mol. The Labute approximate surface area is 201 Å². The second kappa shape index (κ2) is 9.34. The van der Waals surface area contributed by atoms with E-state index in [0.717, 1.165) is 17.8 Å².